The number of alkyl halides is 3. The van der Waals surface area contributed by atoms with Gasteiger partial charge in [0.05, 0.1) is 5.92 Å². The molecular formula is C19H23F3N2O3. The number of nitrogens with zero attached hydrogens (tertiary/aromatic N) is 2. The van der Waals surface area contributed by atoms with E-state index in [1.165, 1.54) is 0 Å². The van der Waals surface area contributed by atoms with Gasteiger partial charge in [-0.1, -0.05) is 18.9 Å². The second-order valence-corrected chi connectivity index (χ2v) is 7.28. The number of halogens is 3. The van der Waals surface area contributed by atoms with Crippen molar-refractivity contribution in [3.63, 3.8) is 0 Å². The second-order valence-electron chi connectivity index (χ2n) is 7.28. The summed E-state index contributed by atoms with van der Waals surface area (Å²) in [6, 6.07) is 5.29. The van der Waals surface area contributed by atoms with Crippen molar-refractivity contribution >= 4 is 11.6 Å². The average molecular weight is 384 g/mol. The second kappa shape index (κ2) is 7.14. The Morgan fingerprint density at radius 2 is 1.93 bits per heavy atom. The standard InChI is InChI=1S/C19H23F3N2O3/c1-12-8-13(2)10-14(9-12)27-11-17(25)24-18(26,19(20,21)22)15-6-4-3-5-7-16(15)23-24/h8-10,15,26H,3-7,11H2,1-2H3/t15-,18+/m1/s1. The highest BCUT2D eigenvalue weighted by molar-refractivity contribution is 5.93. The Bertz CT molecular complexity index is 743. The first-order valence-electron chi connectivity index (χ1n) is 9.03. The van der Waals surface area contributed by atoms with Crippen molar-refractivity contribution in [1.82, 2.24) is 5.01 Å². The lowest BCUT2D eigenvalue weighted by Crippen LogP contribution is -2.61. The molecule has 0 bridgehead atoms. The van der Waals surface area contributed by atoms with Crippen LogP contribution in [0.1, 0.15) is 43.2 Å². The van der Waals surface area contributed by atoms with Crippen molar-refractivity contribution in [3.8, 4) is 5.75 Å². The summed E-state index contributed by atoms with van der Waals surface area (Å²) >= 11 is 0. The number of amides is 1. The first-order valence-corrected chi connectivity index (χ1v) is 9.03. The van der Waals surface area contributed by atoms with Crippen LogP contribution in [0.25, 0.3) is 0 Å². The van der Waals surface area contributed by atoms with Crippen LogP contribution in [0.2, 0.25) is 0 Å². The minimum absolute atomic E-state index is 0.149. The zero-order valence-corrected chi connectivity index (χ0v) is 15.3. The molecule has 27 heavy (non-hydrogen) atoms. The van der Waals surface area contributed by atoms with Gasteiger partial charge in [0.2, 0.25) is 0 Å². The van der Waals surface area contributed by atoms with E-state index >= 15 is 0 Å². The van der Waals surface area contributed by atoms with Gasteiger partial charge in [-0.2, -0.15) is 23.3 Å². The number of benzene rings is 1. The molecule has 1 aromatic rings. The fourth-order valence-electron chi connectivity index (χ4n) is 3.86. The van der Waals surface area contributed by atoms with Gasteiger partial charge in [0.1, 0.15) is 5.75 Å². The third kappa shape index (κ3) is 3.67. The summed E-state index contributed by atoms with van der Waals surface area (Å²) in [7, 11) is 0. The summed E-state index contributed by atoms with van der Waals surface area (Å²) in [6.45, 7) is 3.07. The molecule has 1 aliphatic heterocycles. The normalized spacial score (nSPS) is 25.6. The molecule has 3 rings (SSSR count). The summed E-state index contributed by atoms with van der Waals surface area (Å²) < 4.78 is 46.7. The number of rotatable bonds is 3. The number of carbonyl (C=O) groups excluding carboxylic acids is 1. The fourth-order valence-corrected chi connectivity index (χ4v) is 3.86. The van der Waals surface area contributed by atoms with Gasteiger partial charge in [0.25, 0.3) is 11.6 Å². The van der Waals surface area contributed by atoms with Crippen LogP contribution in [0.15, 0.2) is 23.3 Å². The Hall–Kier alpha value is -2.09. The van der Waals surface area contributed by atoms with Crippen molar-refractivity contribution in [2.45, 2.75) is 57.9 Å². The minimum atomic E-state index is -5.01. The maximum Gasteiger partial charge on any atom is 0.439 e. The van der Waals surface area contributed by atoms with E-state index in [0.29, 0.717) is 25.0 Å². The summed E-state index contributed by atoms with van der Waals surface area (Å²) in [4.78, 5) is 12.5. The van der Waals surface area contributed by atoms with Crippen LogP contribution in [0, 0.1) is 19.8 Å². The Kier molecular flexibility index (Phi) is 5.20. The van der Waals surface area contributed by atoms with Gasteiger partial charge in [-0.15, -0.1) is 0 Å². The lowest BCUT2D eigenvalue weighted by Gasteiger charge is -2.37. The molecule has 1 fully saturated rings. The van der Waals surface area contributed by atoms with E-state index in [2.05, 4.69) is 5.10 Å². The highest BCUT2D eigenvalue weighted by Gasteiger charge is 2.68. The van der Waals surface area contributed by atoms with E-state index in [0.717, 1.165) is 17.5 Å². The van der Waals surface area contributed by atoms with Gasteiger partial charge in [-0.3, -0.25) is 4.79 Å². The van der Waals surface area contributed by atoms with Crippen molar-refractivity contribution in [3.05, 3.63) is 29.3 Å². The molecule has 148 valence electrons. The maximum absolute atomic E-state index is 13.8. The molecule has 1 saturated carbocycles. The molecule has 0 unspecified atom stereocenters. The van der Waals surface area contributed by atoms with Crippen molar-refractivity contribution in [2.24, 2.45) is 11.0 Å². The molecule has 0 spiro atoms. The number of hydrogen-bond donors (Lipinski definition) is 1. The van der Waals surface area contributed by atoms with E-state index < -0.39 is 30.3 Å². The van der Waals surface area contributed by atoms with Gasteiger partial charge in [0.15, 0.2) is 6.61 Å². The number of fused-ring (bicyclic) bond motifs is 1. The molecule has 1 heterocycles. The minimum Gasteiger partial charge on any atom is -0.484 e. The van der Waals surface area contributed by atoms with Crippen LogP contribution in [0.3, 0.4) is 0 Å². The number of aliphatic hydroxyl groups is 1. The molecule has 0 saturated heterocycles. The van der Waals surface area contributed by atoms with E-state index in [-0.39, 0.29) is 17.1 Å². The number of ether oxygens (including phenoxy) is 1. The largest absolute Gasteiger partial charge is 0.484 e. The van der Waals surface area contributed by atoms with E-state index in [1.54, 1.807) is 12.1 Å². The molecule has 1 amide bonds. The smallest absolute Gasteiger partial charge is 0.439 e. The molecule has 1 aromatic carbocycles. The van der Waals surface area contributed by atoms with Crippen molar-refractivity contribution in [1.29, 1.82) is 0 Å². The first kappa shape index (κ1) is 19.7. The van der Waals surface area contributed by atoms with Crippen LogP contribution in [0.4, 0.5) is 13.2 Å². The Labute approximate surface area is 155 Å². The predicted octanol–water partition coefficient (Wildman–Crippen LogP) is 3.71. The third-order valence-electron chi connectivity index (χ3n) is 5.08. The van der Waals surface area contributed by atoms with Crippen LogP contribution in [0.5, 0.6) is 5.75 Å². The summed E-state index contributed by atoms with van der Waals surface area (Å²) in [5, 5.41) is 14.7. The monoisotopic (exact) mass is 384 g/mol. The Morgan fingerprint density at radius 3 is 2.56 bits per heavy atom. The molecule has 0 aromatic heterocycles. The number of carbonyl (C=O) groups is 1. The maximum atomic E-state index is 13.8. The molecule has 2 aliphatic rings. The fraction of sp³-hybridized carbons (Fsp3) is 0.579. The Balaban J connectivity index is 1.83. The van der Waals surface area contributed by atoms with Gasteiger partial charge in [0, 0.05) is 5.71 Å². The number of hydrogen-bond acceptors (Lipinski definition) is 4. The van der Waals surface area contributed by atoms with Crippen LogP contribution < -0.4 is 4.74 Å². The quantitative estimate of drug-likeness (QED) is 0.864. The zero-order chi connectivity index (χ0) is 19.8. The molecule has 2 atom stereocenters. The molecule has 1 N–H and O–H groups in total. The van der Waals surface area contributed by atoms with Gasteiger partial charge in [-0.25, -0.2) is 0 Å². The molecule has 1 aliphatic carbocycles. The number of aryl methyl sites for hydroxylation is 2. The summed E-state index contributed by atoms with van der Waals surface area (Å²) in [5.74, 6) is -1.85. The SMILES string of the molecule is Cc1cc(C)cc(OCC(=O)N2N=C3CCCCC[C@H]3[C@]2(O)C(F)(F)F)c1. The van der Waals surface area contributed by atoms with E-state index in [4.69, 9.17) is 4.74 Å². The summed E-state index contributed by atoms with van der Waals surface area (Å²) in [6.07, 6.45) is -2.47. The first-order chi connectivity index (χ1) is 12.6. The predicted molar refractivity (Wildman–Crippen MR) is 93.3 cm³/mol. The Morgan fingerprint density at radius 1 is 1.26 bits per heavy atom. The molecular weight excluding hydrogens is 361 g/mol. The van der Waals surface area contributed by atoms with Crippen molar-refractivity contribution < 1.29 is 27.8 Å². The van der Waals surface area contributed by atoms with Crippen molar-refractivity contribution in [2.75, 3.05) is 6.61 Å². The van der Waals surface area contributed by atoms with E-state index in [1.807, 2.05) is 19.9 Å². The molecule has 0 radical (unpaired) electrons. The van der Waals surface area contributed by atoms with Gasteiger partial charge in [-0.05, 0) is 56.4 Å². The summed E-state index contributed by atoms with van der Waals surface area (Å²) in [5.41, 5.74) is -1.25. The van der Waals surface area contributed by atoms with E-state index in [9.17, 15) is 23.1 Å². The third-order valence-corrected chi connectivity index (χ3v) is 5.08. The van der Waals surface area contributed by atoms with Gasteiger partial charge < -0.3 is 9.84 Å². The highest BCUT2D eigenvalue weighted by Crippen LogP contribution is 2.47. The number of hydrazone groups is 1. The topological polar surface area (TPSA) is 62.1 Å². The van der Waals surface area contributed by atoms with Crippen LogP contribution >= 0.6 is 0 Å². The lowest BCUT2D eigenvalue weighted by molar-refractivity contribution is -0.317. The zero-order valence-electron chi connectivity index (χ0n) is 15.3. The highest BCUT2D eigenvalue weighted by atomic mass is 19.4. The molecule has 8 heteroatoms. The van der Waals surface area contributed by atoms with Crippen LogP contribution in [-0.4, -0.2) is 40.2 Å². The average Bonchev–Trinajstić information content (AvgIpc) is 2.71. The molecule has 5 nitrogen and oxygen atoms in total. The van der Waals surface area contributed by atoms with Crippen LogP contribution in [-0.2, 0) is 4.79 Å². The lowest BCUT2D eigenvalue weighted by atomic mass is 9.87. The van der Waals surface area contributed by atoms with Gasteiger partial charge >= 0.3 is 6.18 Å².